The standard InChI is InChI=1S/C26H21IN4O4/c1-3-34-24-13-18(11-19(14-28)26-29-22-9-4-16(2)10-23(22)30-26)12-21(27)25(24)35-15-17-5-7-20(8-6-17)31(32)33/h4-13H,3,15H2,1-2H3,(H,29,30)/b19-11-. The van der Waals surface area contributed by atoms with E-state index in [1.807, 2.05) is 44.2 Å². The first kappa shape index (κ1) is 24.2. The van der Waals surface area contributed by atoms with Gasteiger partial charge in [0.05, 0.1) is 31.7 Å². The average Bonchev–Trinajstić information content (AvgIpc) is 3.25. The number of nitro groups is 1. The maximum atomic E-state index is 10.9. The molecule has 4 aromatic rings. The molecule has 9 heteroatoms. The number of nitrogens with zero attached hydrogens (tertiary/aromatic N) is 3. The highest BCUT2D eigenvalue weighted by Gasteiger charge is 2.14. The third kappa shape index (κ3) is 5.60. The predicted molar refractivity (Wildman–Crippen MR) is 142 cm³/mol. The number of nitrogens with one attached hydrogen (secondary N) is 1. The van der Waals surface area contributed by atoms with Gasteiger partial charge in [-0.2, -0.15) is 5.26 Å². The first-order valence-electron chi connectivity index (χ1n) is 10.8. The van der Waals surface area contributed by atoms with Crippen LogP contribution >= 0.6 is 22.6 Å². The van der Waals surface area contributed by atoms with Gasteiger partial charge in [0, 0.05) is 12.1 Å². The van der Waals surface area contributed by atoms with E-state index in [1.165, 1.54) is 12.1 Å². The van der Waals surface area contributed by atoms with Gasteiger partial charge >= 0.3 is 0 Å². The number of aromatic nitrogens is 2. The minimum atomic E-state index is -0.436. The molecule has 1 aromatic heterocycles. The number of aromatic amines is 1. The second kappa shape index (κ2) is 10.6. The van der Waals surface area contributed by atoms with Crippen molar-refractivity contribution in [1.82, 2.24) is 9.97 Å². The number of nitro benzene ring substituents is 1. The number of ether oxygens (including phenoxy) is 2. The summed E-state index contributed by atoms with van der Waals surface area (Å²) >= 11 is 2.17. The van der Waals surface area contributed by atoms with E-state index in [-0.39, 0.29) is 12.3 Å². The van der Waals surface area contributed by atoms with Crippen LogP contribution in [-0.2, 0) is 6.61 Å². The maximum Gasteiger partial charge on any atom is 0.269 e. The molecule has 0 aliphatic rings. The van der Waals surface area contributed by atoms with E-state index in [0.717, 1.165) is 31.3 Å². The van der Waals surface area contributed by atoms with Crippen LogP contribution in [0.5, 0.6) is 11.5 Å². The van der Waals surface area contributed by atoms with Crippen LogP contribution in [0.2, 0.25) is 0 Å². The normalized spacial score (nSPS) is 11.3. The van der Waals surface area contributed by atoms with Crippen molar-refractivity contribution in [1.29, 1.82) is 5.26 Å². The Bertz CT molecular complexity index is 1470. The number of benzene rings is 3. The van der Waals surface area contributed by atoms with Crippen LogP contribution in [0, 0.1) is 31.9 Å². The highest BCUT2D eigenvalue weighted by Crippen LogP contribution is 2.36. The predicted octanol–water partition coefficient (Wildman–Crippen LogP) is 6.43. The first-order chi connectivity index (χ1) is 16.9. The molecule has 0 saturated carbocycles. The summed E-state index contributed by atoms with van der Waals surface area (Å²) in [5.74, 6) is 1.62. The number of non-ortho nitro benzene ring substituents is 1. The number of allylic oxidation sites excluding steroid dienone is 1. The molecule has 0 radical (unpaired) electrons. The topological polar surface area (TPSA) is 114 Å². The Labute approximate surface area is 215 Å². The highest BCUT2D eigenvalue weighted by molar-refractivity contribution is 14.1. The minimum absolute atomic E-state index is 0.0300. The quantitative estimate of drug-likeness (QED) is 0.111. The number of aryl methyl sites for hydroxylation is 1. The number of imidazole rings is 1. The van der Waals surface area contributed by atoms with E-state index in [2.05, 4.69) is 38.6 Å². The molecule has 1 N–H and O–H groups in total. The molecule has 3 aromatic carbocycles. The van der Waals surface area contributed by atoms with E-state index in [4.69, 9.17) is 9.47 Å². The number of hydrogen-bond acceptors (Lipinski definition) is 6. The Morgan fingerprint density at radius 2 is 1.97 bits per heavy atom. The fourth-order valence-electron chi connectivity index (χ4n) is 3.51. The Kier molecular flexibility index (Phi) is 7.31. The summed E-state index contributed by atoms with van der Waals surface area (Å²) in [6.07, 6.45) is 1.76. The van der Waals surface area contributed by atoms with Crippen LogP contribution in [-0.4, -0.2) is 21.5 Å². The molecule has 0 aliphatic carbocycles. The van der Waals surface area contributed by atoms with Crippen molar-refractivity contribution in [3.8, 4) is 17.6 Å². The molecular weight excluding hydrogens is 559 g/mol. The Morgan fingerprint density at radius 1 is 1.20 bits per heavy atom. The highest BCUT2D eigenvalue weighted by atomic mass is 127. The third-order valence-electron chi connectivity index (χ3n) is 5.19. The van der Waals surface area contributed by atoms with E-state index < -0.39 is 4.92 Å². The molecule has 0 saturated heterocycles. The van der Waals surface area contributed by atoms with Gasteiger partial charge in [0.15, 0.2) is 11.5 Å². The third-order valence-corrected chi connectivity index (χ3v) is 5.99. The Hall–Kier alpha value is -3.91. The molecule has 0 amide bonds. The molecule has 0 fully saturated rings. The summed E-state index contributed by atoms with van der Waals surface area (Å²) in [5.41, 5.74) is 4.78. The van der Waals surface area contributed by atoms with Crippen LogP contribution in [0.3, 0.4) is 0 Å². The van der Waals surface area contributed by atoms with Gasteiger partial charge in [0.25, 0.3) is 5.69 Å². The lowest BCUT2D eigenvalue weighted by Gasteiger charge is -2.15. The van der Waals surface area contributed by atoms with Gasteiger partial charge in [-0.25, -0.2) is 4.98 Å². The second-order valence-corrected chi connectivity index (χ2v) is 8.91. The number of nitriles is 1. The van der Waals surface area contributed by atoms with Crippen LogP contribution in [0.4, 0.5) is 5.69 Å². The lowest BCUT2D eigenvalue weighted by atomic mass is 10.1. The van der Waals surface area contributed by atoms with Gasteiger partial charge in [-0.15, -0.1) is 0 Å². The molecule has 176 valence electrons. The molecule has 0 atom stereocenters. The van der Waals surface area contributed by atoms with Gasteiger partial charge < -0.3 is 14.5 Å². The summed E-state index contributed by atoms with van der Waals surface area (Å²) in [5, 5.41) is 20.7. The zero-order valence-corrected chi connectivity index (χ0v) is 21.2. The number of hydrogen-bond donors (Lipinski definition) is 1. The Balaban J connectivity index is 1.62. The van der Waals surface area contributed by atoms with Crippen molar-refractivity contribution in [2.75, 3.05) is 6.61 Å². The molecule has 4 rings (SSSR count). The number of fused-ring (bicyclic) bond motifs is 1. The summed E-state index contributed by atoms with van der Waals surface area (Å²) in [4.78, 5) is 18.2. The fourth-order valence-corrected chi connectivity index (χ4v) is 4.30. The average molecular weight is 580 g/mol. The molecule has 0 bridgehead atoms. The van der Waals surface area contributed by atoms with Gasteiger partial charge in [-0.1, -0.05) is 6.07 Å². The van der Waals surface area contributed by atoms with Crippen molar-refractivity contribution < 1.29 is 14.4 Å². The van der Waals surface area contributed by atoms with Crippen molar-refractivity contribution in [2.24, 2.45) is 0 Å². The minimum Gasteiger partial charge on any atom is -0.490 e. The molecule has 0 aliphatic heterocycles. The maximum absolute atomic E-state index is 10.9. The van der Waals surface area contributed by atoms with Crippen LogP contribution < -0.4 is 9.47 Å². The van der Waals surface area contributed by atoms with Gasteiger partial charge in [-0.05, 0) is 95.6 Å². The molecule has 1 heterocycles. The van der Waals surface area contributed by atoms with Crippen molar-refractivity contribution in [3.63, 3.8) is 0 Å². The molecular formula is C26H21IN4O4. The second-order valence-electron chi connectivity index (χ2n) is 7.75. The fraction of sp³-hybridized carbons (Fsp3) is 0.154. The molecule has 0 unspecified atom stereocenters. The summed E-state index contributed by atoms with van der Waals surface area (Å²) in [6.45, 7) is 4.55. The Morgan fingerprint density at radius 3 is 2.66 bits per heavy atom. The largest absolute Gasteiger partial charge is 0.490 e. The van der Waals surface area contributed by atoms with E-state index in [1.54, 1.807) is 18.2 Å². The summed E-state index contributed by atoms with van der Waals surface area (Å²) in [6, 6.07) is 18.1. The van der Waals surface area contributed by atoms with Gasteiger partial charge in [0.1, 0.15) is 18.5 Å². The van der Waals surface area contributed by atoms with Crippen LogP contribution in [0.15, 0.2) is 54.6 Å². The zero-order chi connectivity index (χ0) is 24.9. The van der Waals surface area contributed by atoms with Crippen LogP contribution in [0.1, 0.15) is 29.4 Å². The number of rotatable bonds is 8. The molecule has 8 nitrogen and oxygen atoms in total. The molecule has 35 heavy (non-hydrogen) atoms. The van der Waals surface area contributed by atoms with Crippen molar-refractivity contribution in [3.05, 3.63) is 90.8 Å². The van der Waals surface area contributed by atoms with Gasteiger partial charge in [-0.3, -0.25) is 10.1 Å². The van der Waals surface area contributed by atoms with Crippen molar-refractivity contribution in [2.45, 2.75) is 20.5 Å². The van der Waals surface area contributed by atoms with E-state index in [9.17, 15) is 15.4 Å². The van der Waals surface area contributed by atoms with Gasteiger partial charge in [0.2, 0.25) is 0 Å². The van der Waals surface area contributed by atoms with Crippen LogP contribution in [0.25, 0.3) is 22.7 Å². The van der Waals surface area contributed by atoms with Crippen molar-refractivity contribution >= 4 is 51.0 Å². The summed E-state index contributed by atoms with van der Waals surface area (Å²) < 4.78 is 12.7. The smallest absolute Gasteiger partial charge is 0.269 e. The van der Waals surface area contributed by atoms with E-state index >= 15 is 0 Å². The first-order valence-corrected chi connectivity index (χ1v) is 11.9. The molecule has 0 spiro atoms. The number of halogens is 1. The zero-order valence-electron chi connectivity index (χ0n) is 19.0. The monoisotopic (exact) mass is 580 g/mol. The number of H-pyrrole nitrogens is 1. The lowest BCUT2D eigenvalue weighted by molar-refractivity contribution is -0.384. The summed E-state index contributed by atoms with van der Waals surface area (Å²) in [7, 11) is 0. The SMILES string of the molecule is CCOc1cc(/C=C(/C#N)c2nc3ccc(C)cc3[nH]2)cc(I)c1OCc1ccc([N+](=O)[O-])cc1. The lowest BCUT2D eigenvalue weighted by Crippen LogP contribution is -2.02. The van der Waals surface area contributed by atoms with E-state index in [0.29, 0.717) is 29.5 Å².